The number of halogens is 2. The minimum atomic E-state index is 0.515. The lowest BCUT2D eigenvalue weighted by Gasteiger charge is -2.29. The number of nitrogens with zero attached hydrogens (tertiary/aromatic N) is 1. The molecule has 4 rings (SSSR count). The lowest BCUT2D eigenvalue weighted by Crippen LogP contribution is -2.36. The summed E-state index contributed by atoms with van der Waals surface area (Å²) in [4.78, 5) is 2.25. The van der Waals surface area contributed by atoms with E-state index < -0.39 is 0 Å². The first-order chi connectivity index (χ1) is 15.1. The summed E-state index contributed by atoms with van der Waals surface area (Å²) in [6.45, 7) is 6.37. The van der Waals surface area contributed by atoms with E-state index in [2.05, 4.69) is 41.4 Å². The van der Waals surface area contributed by atoms with Gasteiger partial charge in [0.15, 0.2) is 0 Å². The molecule has 0 radical (unpaired) electrons. The molecule has 3 aromatic rings. The number of anilines is 2. The Hall–Kier alpha value is -2.40. The van der Waals surface area contributed by atoms with Crippen LogP contribution in [-0.4, -0.2) is 26.3 Å². The Morgan fingerprint density at radius 3 is 2.55 bits per heavy atom. The fourth-order valence-electron chi connectivity index (χ4n) is 3.63. The van der Waals surface area contributed by atoms with Gasteiger partial charge in [0, 0.05) is 35.9 Å². The molecular formula is C25H26Cl2N2O2. The molecule has 0 amide bonds. The van der Waals surface area contributed by atoms with E-state index in [1.807, 2.05) is 36.4 Å². The second-order valence-electron chi connectivity index (χ2n) is 7.59. The number of morpholine rings is 1. The Kier molecular flexibility index (Phi) is 7.23. The summed E-state index contributed by atoms with van der Waals surface area (Å²) in [5, 5.41) is 4.85. The first kappa shape index (κ1) is 21.8. The number of benzene rings is 3. The summed E-state index contributed by atoms with van der Waals surface area (Å²) in [7, 11) is 0. The Morgan fingerprint density at radius 2 is 1.77 bits per heavy atom. The molecule has 0 saturated carbocycles. The van der Waals surface area contributed by atoms with Crippen LogP contribution < -0.4 is 15.0 Å². The maximum Gasteiger partial charge on any atom is 0.124 e. The van der Waals surface area contributed by atoms with Gasteiger partial charge in [0.25, 0.3) is 0 Å². The lowest BCUT2D eigenvalue weighted by molar-refractivity contribution is 0.122. The molecule has 1 aliphatic heterocycles. The number of rotatable bonds is 7. The van der Waals surface area contributed by atoms with Gasteiger partial charge in [0.2, 0.25) is 0 Å². The third kappa shape index (κ3) is 5.65. The van der Waals surface area contributed by atoms with E-state index >= 15 is 0 Å². The van der Waals surface area contributed by atoms with E-state index in [0.717, 1.165) is 54.0 Å². The van der Waals surface area contributed by atoms with Crippen LogP contribution in [0.3, 0.4) is 0 Å². The molecule has 0 atom stereocenters. The highest BCUT2D eigenvalue weighted by atomic mass is 35.5. The average Bonchev–Trinajstić information content (AvgIpc) is 2.78. The number of hydrogen-bond acceptors (Lipinski definition) is 4. The molecule has 0 bridgehead atoms. The molecule has 1 heterocycles. The van der Waals surface area contributed by atoms with Crippen LogP contribution >= 0.6 is 23.2 Å². The fourth-order valence-corrected chi connectivity index (χ4v) is 4.12. The maximum absolute atomic E-state index is 6.57. The molecule has 1 fully saturated rings. The van der Waals surface area contributed by atoms with Crippen molar-refractivity contribution in [3.05, 3.63) is 87.4 Å². The van der Waals surface area contributed by atoms with Crippen LogP contribution in [0.1, 0.15) is 16.7 Å². The van der Waals surface area contributed by atoms with E-state index in [9.17, 15) is 0 Å². The zero-order valence-corrected chi connectivity index (χ0v) is 19.0. The Morgan fingerprint density at radius 1 is 0.968 bits per heavy atom. The summed E-state index contributed by atoms with van der Waals surface area (Å²) >= 11 is 12.8. The molecule has 1 saturated heterocycles. The molecule has 162 valence electrons. The van der Waals surface area contributed by atoms with Gasteiger partial charge in [-0.2, -0.15) is 0 Å². The highest BCUT2D eigenvalue weighted by molar-refractivity contribution is 6.33. The van der Waals surface area contributed by atoms with Crippen molar-refractivity contribution in [2.75, 3.05) is 36.5 Å². The molecule has 0 spiro atoms. The quantitative estimate of drug-likeness (QED) is 0.450. The van der Waals surface area contributed by atoms with E-state index in [0.29, 0.717) is 18.2 Å². The Balaban J connectivity index is 1.43. The van der Waals surface area contributed by atoms with Gasteiger partial charge in [0.05, 0.1) is 23.9 Å². The molecule has 6 heteroatoms. The molecule has 0 aliphatic carbocycles. The smallest absolute Gasteiger partial charge is 0.124 e. The SMILES string of the molecule is Cc1ccccc1COc1ccc(Cl)cc1CNc1ccc(N2CCOCC2)c(Cl)c1. The highest BCUT2D eigenvalue weighted by Crippen LogP contribution is 2.31. The number of hydrogen-bond donors (Lipinski definition) is 1. The van der Waals surface area contributed by atoms with Crippen molar-refractivity contribution in [3.8, 4) is 5.75 Å². The van der Waals surface area contributed by atoms with E-state index in [1.54, 1.807) is 0 Å². The Bertz CT molecular complexity index is 1040. The standard InChI is InChI=1S/C25H26Cl2N2O2/c1-18-4-2-3-5-19(18)17-31-25-9-6-21(26)14-20(25)16-28-22-7-8-24(23(27)15-22)29-10-12-30-13-11-29/h2-9,14-15,28H,10-13,16-17H2,1H3. The van der Waals surface area contributed by atoms with Crippen molar-refractivity contribution in [2.24, 2.45) is 0 Å². The molecule has 0 aromatic heterocycles. The monoisotopic (exact) mass is 456 g/mol. The first-order valence-electron chi connectivity index (χ1n) is 10.4. The van der Waals surface area contributed by atoms with E-state index in [-0.39, 0.29) is 0 Å². The normalized spacial score (nSPS) is 13.8. The summed E-state index contributed by atoms with van der Waals surface area (Å²) in [6.07, 6.45) is 0. The van der Waals surface area contributed by atoms with Crippen molar-refractivity contribution in [2.45, 2.75) is 20.1 Å². The zero-order valence-electron chi connectivity index (χ0n) is 17.5. The summed E-state index contributed by atoms with van der Waals surface area (Å²) in [5.41, 5.74) is 5.37. The zero-order chi connectivity index (χ0) is 21.6. The number of aryl methyl sites for hydroxylation is 1. The van der Waals surface area contributed by atoms with Gasteiger partial charge in [-0.15, -0.1) is 0 Å². The van der Waals surface area contributed by atoms with Crippen molar-refractivity contribution in [1.29, 1.82) is 0 Å². The third-order valence-corrected chi connectivity index (χ3v) is 5.99. The highest BCUT2D eigenvalue weighted by Gasteiger charge is 2.14. The molecule has 1 aliphatic rings. The molecule has 31 heavy (non-hydrogen) atoms. The number of nitrogens with one attached hydrogen (secondary N) is 1. The first-order valence-corrected chi connectivity index (χ1v) is 11.2. The van der Waals surface area contributed by atoms with Crippen LogP contribution in [0.15, 0.2) is 60.7 Å². The van der Waals surface area contributed by atoms with Crippen LogP contribution in [0.2, 0.25) is 10.0 Å². The minimum absolute atomic E-state index is 0.515. The van der Waals surface area contributed by atoms with Gasteiger partial charge in [0.1, 0.15) is 12.4 Å². The summed E-state index contributed by atoms with van der Waals surface area (Å²) in [6, 6.07) is 20.0. The predicted molar refractivity (Wildman–Crippen MR) is 129 cm³/mol. The van der Waals surface area contributed by atoms with Crippen molar-refractivity contribution in [1.82, 2.24) is 0 Å². The maximum atomic E-state index is 6.57. The summed E-state index contributed by atoms with van der Waals surface area (Å²) in [5.74, 6) is 0.816. The molecule has 1 N–H and O–H groups in total. The van der Waals surface area contributed by atoms with Gasteiger partial charge < -0.3 is 19.7 Å². The van der Waals surface area contributed by atoms with Gasteiger partial charge in [-0.25, -0.2) is 0 Å². The van der Waals surface area contributed by atoms with Gasteiger partial charge >= 0.3 is 0 Å². The van der Waals surface area contributed by atoms with Crippen LogP contribution in [-0.2, 0) is 17.9 Å². The molecule has 0 unspecified atom stereocenters. The van der Waals surface area contributed by atoms with Gasteiger partial charge in [-0.05, 0) is 54.4 Å². The minimum Gasteiger partial charge on any atom is -0.489 e. The second-order valence-corrected chi connectivity index (χ2v) is 8.43. The average molecular weight is 457 g/mol. The third-order valence-electron chi connectivity index (χ3n) is 5.45. The number of ether oxygens (including phenoxy) is 2. The summed E-state index contributed by atoms with van der Waals surface area (Å²) < 4.78 is 11.6. The predicted octanol–water partition coefficient (Wildman–Crippen LogP) is 6.33. The Labute approximate surface area is 193 Å². The van der Waals surface area contributed by atoms with Crippen LogP contribution in [0, 0.1) is 6.92 Å². The van der Waals surface area contributed by atoms with Crippen molar-refractivity contribution in [3.63, 3.8) is 0 Å². The lowest BCUT2D eigenvalue weighted by atomic mass is 10.1. The van der Waals surface area contributed by atoms with E-state index in [1.165, 1.54) is 11.1 Å². The van der Waals surface area contributed by atoms with E-state index in [4.69, 9.17) is 32.7 Å². The largest absolute Gasteiger partial charge is 0.489 e. The van der Waals surface area contributed by atoms with Crippen molar-refractivity contribution < 1.29 is 9.47 Å². The fraction of sp³-hybridized carbons (Fsp3) is 0.280. The topological polar surface area (TPSA) is 33.7 Å². The van der Waals surface area contributed by atoms with Crippen LogP contribution in [0.4, 0.5) is 11.4 Å². The van der Waals surface area contributed by atoms with Crippen molar-refractivity contribution >= 4 is 34.6 Å². The second kappa shape index (κ2) is 10.3. The van der Waals surface area contributed by atoms with Gasteiger partial charge in [-0.1, -0.05) is 47.5 Å². The molecule has 3 aromatic carbocycles. The molecule has 4 nitrogen and oxygen atoms in total. The molecular weight excluding hydrogens is 431 g/mol. The van der Waals surface area contributed by atoms with Crippen LogP contribution in [0.25, 0.3) is 0 Å². The van der Waals surface area contributed by atoms with Gasteiger partial charge in [-0.3, -0.25) is 0 Å². The van der Waals surface area contributed by atoms with Crippen LogP contribution in [0.5, 0.6) is 5.75 Å².